The van der Waals surface area contributed by atoms with Gasteiger partial charge in [0.15, 0.2) is 0 Å². The molecule has 0 spiro atoms. The van der Waals surface area contributed by atoms with Crippen LogP contribution >= 0.6 is 11.6 Å². The van der Waals surface area contributed by atoms with E-state index in [1.807, 2.05) is 13.8 Å². The minimum atomic E-state index is -0.299. The number of aromatic nitrogens is 3. The van der Waals surface area contributed by atoms with Crippen LogP contribution in [-0.2, 0) is 6.42 Å². The van der Waals surface area contributed by atoms with Crippen molar-refractivity contribution in [2.75, 3.05) is 0 Å². The number of nitrogens with zero attached hydrogens (tertiary/aromatic N) is 3. The molecular formula is C11H11ClFN3. The third-order valence-corrected chi connectivity index (χ3v) is 2.66. The van der Waals surface area contributed by atoms with Gasteiger partial charge in [0, 0.05) is 6.42 Å². The molecule has 1 heterocycles. The van der Waals surface area contributed by atoms with E-state index in [0.717, 1.165) is 11.4 Å². The van der Waals surface area contributed by atoms with Crippen LogP contribution in [0.25, 0.3) is 5.69 Å². The van der Waals surface area contributed by atoms with Crippen molar-refractivity contribution in [1.29, 1.82) is 0 Å². The topological polar surface area (TPSA) is 30.7 Å². The molecule has 5 heteroatoms. The van der Waals surface area contributed by atoms with E-state index in [0.29, 0.717) is 12.1 Å². The Kier molecular flexibility index (Phi) is 2.92. The summed E-state index contributed by atoms with van der Waals surface area (Å²) in [6.07, 6.45) is 0.690. The fourth-order valence-electron chi connectivity index (χ4n) is 1.59. The van der Waals surface area contributed by atoms with Crippen molar-refractivity contribution < 1.29 is 4.39 Å². The normalized spacial score (nSPS) is 10.8. The van der Waals surface area contributed by atoms with Gasteiger partial charge < -0.3 is 0 Å². The quantitative estimate of drug-likeness (QED) is 0.807. The molecule has 3 nitrogen and oxygen atoms in total. The highest BCUT2D eigenvalue weighted by atomic mass is 35.5. The molecule has 0 atom stereocenters. The van der Waals surface area contributed by atoms with E-state index < -0.39 is 0 Å². The van der Waals surface area contributed by atoms with Crippen LogP contribution in [0.15, 0.2) is 18.2 Å². The van der Waals surface area contributed by atoms with Crippen molar-refractivity contribution in [3.63, 3.8) is 0 Å². The van der Waals surface area contributed by atoms with E-state index >= 15 is 0 Å². The minimum absolute atomic E-state index is 0.255. The monoisotopic (exact) mass is 239 g/mol. The molecule has 84 valence electrons. The first-order valence-electron chi connectivity index (χ1n) is 4.99. The van der Waals surface area contributed by atoms with E-state index in [1.54, 1.807) is 10.6 Å². The Morgan fingerprint density at radius 3 is 2.81 bits per heavy atom. The predicted octanol–water partition coefficient (Wildman–Crippen LogP) is 2.93. The zero-order chi connectivity index (χ0) is 11.7. The number of benzene rings is 1. The zero-order valence-corrected chi connectivity index (χ0v) is 9.79. The molecule has 16 heavy (non-hydrogen) atoms. The molecule has 1 aromatic carbocycles. The highest BCUT2D eigenvalue weighted by Crippen LogP contribution is 2.21. The highest BCUT2D eigenvalue weighted by Gasteiger charge is 2.12. The van der Waals surface area contributed by atoms with Gasteiger partial charge in [0.05, 0.1) is 5.69 Å². The van der Waals surface area contributed by atoms with Gasteiger partial charge in [-0.3, -0.25) is 4.57 Å². The first-order valence-corrected chi connectivity index (χ1v) is 5.37. The SMILES string of the molecule is CCc1nnc(Cl)n1-c1cc(F)ccc1C. The summed E-state index contributed by atoms with van der Waals surface area (Å²) in [4.78, 5) is 0. The van der Waals surface area contributed by atoms with Gasteiger partial charge in [-0.15, -0.1) is 10.2 Å². The summed E-state index contributed by atoms with van der Waals surface area (Å²) in [5.74, 6) is 0.422. The van der Waals surface area contributed by atoms with Crippen LogP contribution < -0.4 is 0 Å². The van der Waals surface area contributed by atoms with Crippen molar-refractivity contribution in [3.05, 3.63) is 40.7 Å². The van der Waals surface area contributed by atoms with E-state index in [4.69, 9.17) is 11.6 Å². The number of aryl methyl sites for hydroxylation is 2. The van der Waals surface area contributed by atoms with Crippen molar-refractivity contribution >= 4 is 11.6 Å². The molecule has 0 aliphatic rings. The second-order valence-electron chi connectivity index (χ2n) is 3.51. The fraction of sp³-hybridized carbons (Fsp3) is 0.273. The van der Waals surface area contributed by atoms with E-state index in [-0.39, 0.29) is 11.1 Å². The van der Waals surface area contributed by atoms with Gasteiger partial charge in [-0.25, -0.2) is 4.39 Å². The molecule has 0 aliphatic carbocycles. The maximum Gasteiger partial charge on any atom is 0.229 e. The molecule has 0 saturated carbocycles. The second kappa shape index (κ2) is 4.22. The molecule has 0 unspecified atom stereocenters. The van der Waals surface area contributed by atoms with Gasteiger partial charge >= 0.3 is 0 Å². The smallest absolute Gasteiger partial charge is 0.229 e. The maximum absolute atomic E-state index is 13.2. The molecule has 0 N–H and O–H groups in total. The Morgan fingerprint density at radius 1 is 1.38 bits per heavy atom. The summed E-state index contributed by atoms with van der Waals surface area (Å²) >= 11 is 5.95. The molecule has 0 radical (unpaired) electrons. The number of hydrogen-bond donors (Lipinski definition) is 0. The molecular weight excluding hydrogens is 229 g/mol. The minimum Gasteiger partial charge on any atom is -0.269 e. The number of hydrogen-bond acceptors (Lipinski definition) is 2. The van der Waals surface area contributed by atoms with Gasteiger partial charge in [0.1, 0.15) is 11.6 Å². The van der Waals surface area contributed by atoms with Gasteiger partial charge in [0.2, 0.25) is 5.28 Å². The Morgan fingerprint density at radius 2 is 2.12 bits per heavy atom. The molecule has 2 aromatic rings. The lowest BCUT2D eigenvalue weighted by atomic mass is 10.2. The predicted molar refractivity (Wildman–Crippen MR) is 60.4 cm³/mol. The van der Waals surface area contributed by atoms with Crippen LogP contribution in [-0.4, -0.2) is 14.8 Å². The van der Waals surface area contributed by atoms with Crippen molar-refractivity contribution in [1.82, 2.24) is 14.8 Å². The van der Waals surface area contributed by atoms with Crippen molar-refractivity contribution in [2.45, 2.75) is 20.3 Å². The average Bonchev–Trinajstić information content (AvgIpc) is 2.63. The van der Waals surface area contributed by atoms with E-state index in [9.17, 15) is 4.39 Å². The lowest BCUT2D eigenvalue weighted by Crippen LogP contribution is -2.03. The summed E-state index contributed by atoms with van der Waals surface area (Å²) in [6.45, 7) is 3.84. The molecule has 2 rings (SSSR count). The van der Waals surface area contributed by atoms with E-state index in [1.165, 1.54) is 12.1 Å². The number of halogens is 2. The molecule has 0 saturated heterocycles. The molecule has 0 aliphatic heterocycles. The fourth-order valence-corrected chi connectivity index (χ4v) is 1.81. The molecule has 0 fully saturated rings. The zero-order valence-electron chi connectivity index (χ0n) is 9.04. The first-order chi connectivity index (χ1) is 7.63. The van der Waals surface area contributed by atoms with Crippen LogP contribution in [0.2, 0.25) is 5.28 Å². The third kappa shape index (κ3) is 1.80. The van der Waals surface area contributed by atoms with Gasteiger partial charge in [-0.2, -0.15) is 0 Å². The van der Waals surface area contributed by atoms with Crippen LogP contribution in [0.3, 0.4) is 0 Å². The van der Waals surface area contributed by atoms with Crippen LogP contribution in [0.5, 0.6) is 0 Å². The van der Waals surface area contributed by atoms with Gasteiger partial charge in [-0.1, -0.05) is 13.0 Å². The van der Waals surface area contributed by atoms with Crippen LogP contribution in [0.4, 0.5) is 4.39 Å². The summed E-state index contributed by atoms with van der Waals surface area (Å²) in [5.41, 5.74) is 1.62. The molecule has 0 amide bonds. The Balaban J connectivity index is 2.66. The van der Waals surface area contributed by atoms with Crippen LogP contribution in [0.1, 0.15) is 18.3 Å². The number of rotatable bonds is 2. The Bertz CT molecular complexity index is 522. The van der Waals surface area contributed by atoms with Crippen molar-refractivity contribution in [2.24, 2.45) is 0 Å². The summed E-state index contributed by atoms with van der Waals surface area (Å²) in [7, 11) is 0. The molecule has 0 bridgehead atoms. The lowest BCUT2D eigenvalue weighted by Gasteiger charge is -2.09. The Hall–Kier alpha value is -1.42. The van der Waals surface area contributed by atoms with Crippen LogP contribution in [0, 0.1) is 12.7 Å². The summed E-state index contributed by atoms with van der Waals surface area (Å²) < 4.78 is 14.9. The van der Waals surface area contributed by atoms with E-state index in [2.05, 4.69) is 10.2 Å². The highest BCUT2D eigenvalue weighted by molar-refractivity contribution is 6.28. The molecule has 1 aromatic heterocycles. The Labute approximate surface area is 97.9 Å². The van der Waals surface area contributed by atoms with Gasteiger partial charge in [-0.05, 0) is 36.2 Å². The summed E-state index contributed by atoms with van der Waals surface area (Å²) in [6, 6.07) is 4.56. The maximum atomic E-state index is 13.2. The van der Waals surface area contributed by atoms with Gasteiger partial charge in [0.25, 0.3) is 0 Å². The summed E-state index contributed by atoms with van der Waals surface area (Å²) in [5, 5.41) is 7.99. The van der Waals surface area contributed by atoms with Crippen molar-refractivity contribution in [3.8, 4) is 5.69 Å². The standard InChI is InChI=1S/C11H11ClFN3/c1-3-10-14-15-11(12)16(10)9-6-8(13)5-4-7(9)2/h4-6H,3H2,1-2H3. The third-order valence-electron chi connectivity index (χ3n) is 2.42. The largest absolute Gasteiger partial charge is 0.269 e. The first kappa shape index (κ1) is 11.1. The lowest BCUT2D eigenvalue weighted by molar-refractivity contribution is 0.625. The average molecular weight is 240 g/mol. The second-order valence-corrected chi connectivity index (χ2v) is 3.84.